The van der Waals surface area contributed by atoms with Crippen molar-refractivity contribution in [3.8, 4) is 0 Å². The summed E-state index contributed by atoms with van der Waals surface area (Å²) in [4.78, 5) is 36.7. The van der Waals surface area contributed by atoms with E-state index in [1.165, 1.54) is 23.9 Å². The zero-order chi connectivity index (χ0) is 20.3. The third-order valence-electron chi connectivity index (χ3n) is 3.99. The van der Waals surface area contributed by atoms with Gasteiger partial charge in [-0.3, -0.25) is 4.79 Å². The maximum Gasteiger partial charge on any atom is 0.373 e. The summed E-state index contributed by atoms with van der Waals surface area (Å²) in [6.07, 6.45) is 0. The summed E-state index contributed by atoms with van der Waals surface area (Å²) in [6.45, 7) is 4.11. The molecule has 3 rings (SSSR count). The highest BCUT2D eigenvalue weighted by atomic mass is 16.6. The third-order valence-corrected chi connectivity index (χ3v) is 3.99. The van der Waals surface area contributed by atoms with Crippen molar-refractivity contribution >= 4 is 22.7 Å². The van der Waals surface area contributed by atoms with Crippen molar-refractivity contribution in [3.63, 3.8) is 0 Å². The van der Waals surface area contributed by atoms with Crippen molar-refractivity contribution in [1.29, 1.82) is 0 Å². The second kappa shape index (κ2) is 8.08. The van der Waals surface area contributed by atoms with Crippen LogP contribution in [0.5, 0.6) is 0 Å². The minimum absolute atomic E-state index is 0.0163. The third kappa shape index (κ3) is 3.95. The van der Waals surface area contributed by atoms with Crippen LogP contribution in [0.25, 0.3) is 10.8 Å². The summed E-state index contributed by atoms with van der Waals surface area (Å²) in [5.41, 5.74) is -0.204. The van der Waals surface area contributed by atoms with Crippen LogP contribution >= 0.6 is 0 Å². The molecule has 146 valence electrons. The molecule has 28 heavy (non-hydrogen) atoms. The highest BCUT2D eigenvalue weighted by Crippen LogP contribution is 2.16. The molecule has 0 saturated heterocycles. The number of methoxy groups -OCH3 is 1. The molecule has 0 radical (unpaired) electrons. The molecule has 0 atom stereocenters. The van der Waals surface area contributed by atoms with E-state index in [-0.39, 0.29) is 35.3 Å². The minimum atomic E-state index is -0.690. The van der Waals surface area contributed by atoms with Crippen molar-refractivity contribution in [2.75, 3.05) is 7.11 Å². The standard InChI is InChI=1S/C20H20N2O6/c1-12(2)10-22-18(23)15-7-5-4-6-14(15)17(21-22)20(25)27-11-13-8-9-16(28-13)19(24)26-3/h4-9,12H,10-11H2,1-3H3. The predicted molar refractivity (Wildman–Crippen MR) is 100 cm³/mol. The van der Waals surface area contributed by atoms with Gasteiger partial charge < -0.3 is 13.9 Å². The Balaban J connectivity index is 1.88. The number of hydrogen-bond donors (Lipinski definition) is 0. The molecular weight excluding hydrogens is 364 g/mol. The zero-order valence-corrected chi connectivity index (χ0v) is 15.8. The molecule has 3 aromatic rings. The van der Waals surface area contributed by atoms with Gasteiger partial charge in [0.25, 0.3) is 5.56 Å². The van der Waals surface area contributed by atoms with Gasteiger partial charge in [-0.15, -0.1) is 0 Å². The second-order valence-electron chi connectivity index (χ2n) is 6.61. The van der Waals surface area contributed by atoms with Crippen LogP contribution in [-0.4, -0.2) is 28.8 Å². The molecule has 0 aliphatic rings. The fourth-order valence-corrected chi connectivity index (χ4v) is 2.73. The summed E-state index contributed by atoms with van der Waals surface area (Å²) < 4.78 is 16.4. The number of benzene rings is 1. The van der Waals surface area contributed by atoms with Crippen LogP contribution in [0, 0.1) is 5.92 Å². The lowest BCUT2D eigenvalue weighted by Gasteiger charge is -2.12. The number of nitrogens with zero attached hydrogens (tertiary/aromatic N) is 2. The first-order valence-corrected chi connectivity index (χ1v) is 8.74. The Morgan fingerprint density at radius 3 is 2.50 bits per heavy atom. The molecule has 0 bridgehead atoms. The monoisotopic (exact) mass is 384 g/mol. The van der Waals surface area contributed by atoms with E-state index in [1.54, 1.807) is 24.3 Å². The SMILES string of the molecule is COC(=O)c1ccc(COC(=O)c2nn(CC(C)C)c(=O)c3ccccc23)o1. The highest BCUT2D eigenvalue weighted by Gasteiger charge is 2.19. The summed E-state index contributed by atoms with van der Waals surface area (Å²) in [5, 5.41) is 5.05. The molecule has 0 N–H and O–H groups in total. The maximum absolute atomic E-state index is 12.6. The molecule has 1 aromatic carbocycles. The normalized spacial score (nSPS) is 11.0. The quantitative estimate of drug-likeness (QED) is 0.602. The fourth-order valence-electron chi connectivity index (χ4n) is 2.73. The van der Waals surface area contributed by atoms with Gasteiger partial charge in [-0.2, -0.15) is 5.10 Å². The molecule has 0 aliphatic heterocycles. The van der Waals surface area contributed by atoms with Gasteiger partial charge >= 0.3 is 11.9 Å². The smallest absolute Gasteiger partial charge is 0.373 e. The zero-order valence-electron chi connectivity index (χ0n) is 15.8. The minimum Gasteiger partial charge on any atom is -0.463 e. The molecule has 2 heterocycles. The molecule has 2 aromatic heterocycles. The molecule has 0 fully saturated rings. The van der Waals surface area contributed by atoms with Gasteiger partial charge in [0.15, 0.2) is 5.69 Å². The van der Waals surface area contributed by atoms with Gasteiger partial charge in [-0.05, 0) is 24.1 Å². The average Bonchev–Trinajstić information content (AvgIpc) is 3.16. The number of carbonyl (C=O) groups excluding carboxylic acids is 2. The van der Waals surface area contributed by atoms with Gasteiger partial charge in [0.05, 0.1) is 12.5 Å². The second-order valence-corrected chi connectivity index (χ2v) is 6.61. The van der Waals surface area contributed by atoms with Gasteiger partial charge in [-0.1, -0.05) is 32.0 Å². The number of furan rings is 1. The molecule has 8 nitrogen and oxygen atoms in total. The molecular formula is C20H20N2O6. The highest BCUT2D eigenvalue weighted by molar-refractivity contribution is 6.02. The topological polar surface area (TPSA) is 101 Å². The molecule has 0 amide bonds. The van der Waals surface area contributed by atoms with E-state index in [1.807, 2.05) is 13.8 Å². The Hall–Kier alpha value is -3.42. The van der Waals surface area contributed by atoms with Crippen LogP contribution in [0.3, 0.4) is 0 Å². The lowest BCUT2D eigenvalue weighted by atomic mass is 10.1. The van der Waals surface area contributed by atoms with Crippen molar-refractivity contribution in [1.82, 2.24) is 9.78 Å². The van der Waals surface area contributed by atoms with Gasteiger partial charge in [0.2, 0.25) is 5.76 Å². The molecule has 8 heteroatoms. The first kappa shape index (κ1) is 19.3. The predicted octanol–water partition coefficient (Wildman–Crippen LogP) is 2.79. The Bertz CT molecular complexity index is 1080. The van der Waals surface area contributed by atoms with Gasteiger partial charge in [0.1, 0.15) is 12.4 Å². The molecule has 0 unspecified atom stereocenters. The van der Waals surface area contributed by atoms with Crippen molar-refractivity contribution in [2.24, 2.45) is 5.92 Å². The van der Waals surface area contributed by atoms with Crippen LogP contribution < -0.4 is 5.56 Å². The number of rotatable bonds is 6. The fraction of sp³-hybridized carbons (Fsp3) is 0.300. The number of esters is 2. The lowest BCUT2D eigenvalue weighted by Crippen LogP contribution is -2.28. The number of ether oxygens (including phenoxy) is 2. The lowest BCUT2D eigenvalue weighted by molar-refractivity contribution is 0.0431. The Labute approximate surface area is 160 Å². The van der Waals surface area contributed by atoms with E-state index in [2.05, 4.69) is 9.84 Å². The average molecular weight is 384 g/mol. The van der Waals surface area contributed by atoms with E-state index < -0.39 is 11.9 Å². The Morgan fingerprint density at radius 2 is 1.82 bits per heavy atom. The van der Waals surface area contributed by atoms with Crippen LogP contribution in [0.4, 0.5) is 0 Å². The molecule has 0 spiro atoms. The Morgan fingerprint density at radius 1 is 1.11 bits per heavy atom. The summed E-state index contributed by atoms with van der Waals surface area (Å²) >= 11 is 0. The van der Waals surface area contributed by atoms with Gasteiger partial charge in [0, 0.05) is 11.9 Å². The summed E-state index contributed by atoms with van der Waals surface area (Å²) in [7, 11) is 1.24. The number of carbonyl (C=O) groups is 2. The van der Waals surface area contributed by atoms with Crippen LogP contribution in [0.1, 0.15) is 40.7 Å². The van der Waals surface area contributed by atoms with E-state index >= 15 is 0 Å². The van der Waals surface area contributed by atoms with Gasteiger partial charge in [-0.25, -0.2) is 14.3 Å². The van der Waals surface area contributed by atoms with E-state index in [0.717, 1.165) is 0 Å². The van der Waals surface area contributed by atoms with Crippen LogP contribution in [0.2, 0.25) is 0 Å². The summed E-state index contributed by atoms with van der Waals surface area (Å²) in [5.74, 6) is -0.831. The van der Waals surface area contributed by atoms with Crippen LogP contribution in [-0.2, 0) is 22.6 Å². The van der Waals surface area contributed by atoms with Crippen LogP contribution in [0.15, 0.2) is 45.6 Å². The van der Waals surface area contributed by atoms with E-state index in [0.29, 0.717) is 17.3 Å². The summed E-state index contributed by atoms with van der Waals surface area (Å²) in [6, 6.07) is 9.72. The Kier molecular flexibility index (Phi) is 5.58. The number of hydrogen-bond acceptors (Lipinski definition) is 7. The number of fused-ring (bicyclic) bond motifs is 1. The van der Waals surface area contributed by atoms with Crippen molar-refractivity contribution in [3.05, 3.63) is 64.0 Å². The molecule has 0 aliphatic carbocycles. The molecule has 0 saturated carbocycles. The largest absolute Gasteiger partial charge is 0.463 e. The van der Waals surface area contributed by atoms with Crippen molar-refractivity contribution in [2.45, 2.75) is 27.0 Å². The van der Waals surface area contributed by atoms with E-state index in [4.69, 9.17) is 9.15 Å². The van der Waals surface area contributed by atoms with Crippen molar-refractivity contribution < 1.29 is 23.5 Å². The number of aromatic nitrogens is 2. The first-order chi connectivity index (χ1) is 13.4. The first-order valence-electron chi connectivity index (χ1n) is 8.74. The van der Waals surface area contributed by atoms with E-state index in [9.17, 15) is 14.4 Å². The maximum atomic E-state index is 12.6.